The summed E-state index contributed by atoms with van der Waals surface area (Å²) in [5, 5.41) is 1.84. The van der Waals surface area contributed by atoms with Gasteiger partial charge >= 0.3 is 0 Å². The van der Waals surface area contributed by atoms with E-state index in [1.54, 1.807) is 10.9 Å². The van der Waals surface area contributed by atoms with Crippen LogP contribution in [0, 0.1) is 0 Å². The van der Waals surface area contributed by atoms with Crippen LogP contribution in [0.5, 0.6) is 0 Å². The Hall–Kier alpha value is -1.30. The SMILES string of the molecule is CN(C)n1c(N)nc2cc(Br)cnc21. The number of anilines is 1. The Kier molecular flexibility index (Phi) is 2.07. The van der Waals surface area contributed by atoms with Gasteiger partial charge in [0.25, 0.3) is 0 Å². The molecule has 2 aromatic heterocycles. The van der Waals surface area contributed by atoms with E-state index in [2.05, 4.69) is 25.9 Å². The van der Waals surface area contributed by atoms with Crippen LogP contribution in [0.3, 0.4) is 0 Å². The minimum absolute atomic E-state index is 0.440. The standard InChI is InChI=1S/C8H10BrN5/c1-13(2)14-7-6(12-8(14)10)3-5(9)4-11-7/h3-4H,1-2H3,(H2,10,12). The van der Waals surface area contributed by atoms with Crippen molar-refractivity contribution in [2.75, 3.05) is 24.8 Å². The van der Waals surface area contributed by atoms with E-state index < -0.39 is 0 Å². The minimum atomic E-state index is 0.440. The zero-order valence-corrected chi connectivity index (χ0v) is 9.48. The molecule has 0 aliphatic carbocycles. The van der Waals surface area contributed by atoms with Gasteiger partial charge in [-0.15, -0.1) is 0 Å². The molecule has 0 unspecified atom stereocenters. The van der Waals surface area contributed by atoms with E-state index in [0.717, 1.165) is 15.6 Å². The third-order valence-electron chi connectivity index (χ3n) is 1.87. The predicted molar refractivity (Wildman–Crippen MR) is 59.7 cm³/mol. The van der Waals surface area contributed by atoms with Gasteiger partial charge in [-0.05, 0) is 22.0 Å². The first kappa shape index (κ1) is 9.26. The third kappa shape index (κ3) is 1.31. The minimum Gasteiger partial charge on any atom is -0.368 e. The molecular formula is C8H10BrN5. The molecule has 2 N–H and O–H groups in total. The van der Waals surface area contributed by atoms with Gasteiger partial charge in [0.05, 0.1) is 0 Å². The summed E-state index contributed by atoms with van der Waals surface area (Å²) in [5.41, 5.74) is 7.30. The molecule has 0 atom stereocenters. The van der Waals surface area contributed by atoms with Crippen molar-refractivity contribution in [3.8, 4) is 0 Å². The number of rotatable bonds is 1. The monoisotopic (exact) mass is 255 g/mol. The first-order valence-corrected chi connectivity index (χ1v) is 4.86. The molecule has 0 aromatic carbocycles. The van der Waals surface area contributed by atoms with Crippen LogP contribution in [0.2, 0.25) is 0 Å². The number of nitrogens with zero attached hydrogens (tertiary/aromatic N) is 4. The average molecular weight is 256 g/mol. The summed E-state index contributed by atoms with van der Waals surface area (Å²) in [4.78, 5) is 8.46. The van der Waals surface area contributed by atoms with Gasteiger partial charge in [-0.3, -0.25) is 0 Å². The highest BCUT2D eigenvalue weighted by Crippen LogP contribution is 2.18. The number of pyridine rings is 1. The number of fused-ring (bicyclic) bond motifs is 1. The van der Waals surface area contributed by atoms with Gasteiger partial charge < -0.3 is 10.7 Å². The molecule has 2 rings (SSSR count). The summed E-state index contributed by atoms with van der Waals surface area (Å²) in [6, 6.07) is 1.89. The average Bonchev–Trinajstić information content (AvgIpc) is 2.39. The lowest BCUT2D eigenvalue weighted by molar-refractivity contribution is 0.757. The van der Waals surface area contributed by atoms with E-state index in [4.69, 9.17) is 5.73 Å². The number of hydrogen-bond acceptors (Lipinski definition) is 4. The smallest absolute Gasteiger partial charge is 0.221 e. The molecule has 6 heteroatoms. The van der Waals surface area contributed by atoms with E-state index in [0.29, 0.717) is 5.95 Å². The van der Waals surface area contributed by atoms with Crippen molar-refractivity contribution in [3.63, 3.8) is 0 Å². The zero-order valence-electron chi connectivity index (χ0n) is 7.90. The fourth-order valence-electron chi connectivity index (χ4n) is 1.34. The maximum atomic E-state index is 5.76. The van der Waals surface area contributed by atoms with Crippen LogP contribution < -0.4 is 10.7 Å². The van der Waals surface area contributed by atoms with Gasteiger partial charge in [-0.2, -0.15) is 0 Å². The van der Waals surface area contributed by atoms with Crippen LogP contribution in [-0.2, 0) is 0 Å². The normalized spacial score (nSPS) is 10.8. The van der Waals surface area contributed by atoms with Gasteiger partial charge in [0.1, 0.15) is 5.52 Å². The number of hydrogen-bond donors (Lipinski definition) is 1. The summed E-state index contributed by atoms with van der Waals surface area (Å²) < 4.78 is 2.65. The molecule has 5 nitrogen and oxygen atoms in total. The fraction of sp³-hybridized carbons (Fsp3) is 0.250. The summed E-state index contributed by atoms with van der Waals surface area (Å²) >= 11 is 3.34. The topological polar surface area (TPSA) is 60.0 Å². The lowest BCUT2D eigenvalue weighted by Gasteiger charge is -2.14. The summed E-state index contributed by atoms with van der Waals surface area (Å²) in [6.07, 6.45) is 1.73. The van der Waals surface area contributed by atoms with Crippen molar-refractivity contribution in [1.82, 2.24) is 14.6 Å². The Balaban J connectivity index is 2.77. The number of aromatic nitrogens is 3. The van der Waals surface area contributed by atoms with Crippen LogP contribution in [0.15, 0.2) is 16.7 Å². The molecule has 0 aliphatic rings. The van der Waals surface area contributed by atoms with Gasteiger partial charge in [0.15, 0.2) is 5.65 Å². The van der Waals surface area contributed by atoms with Gasteiger partial charge in [0.2, 0.25) is 5.95 Å². The zero-order chi connectivity index (χ0) is 10.3. The summed E-state index contributed by atoms with van der Waals surface area (Å²) in [6.45, 7) is 0. The quantitative estimate of drug-likeness (QED) is 0.826. The molecule has 2 heterocycles. The Morgan fingerprint density at radius 2 is 2.21 bits per heavy atom. The second kappa shape index (κ2) is 3.13. The molecule has 0 aliphatic heterocycles. The molecular weight excluding hydrogens is 246 g/mol. The molecule has 0 fully saturated rings. The van der Waals surface area contributed by atoms with E-state index in [-0.39, 0.29) is 0 Å². The first-order chi connectivity index (χ1) is 6.59. The Bertz CT molecular complexity index is 476. The van der Waals surface area contributed by atoms with Crippen LogP contribution in [0.4, 0.5) is 5.95 Å². The van der Waals surface area contributed by atoms with Gasteiger partial charge in [0, 0.05) is 24.8 Å². The van der Waals surface area contributed by atoms with Crippen LogP contribution in [-0.4, -0.2) is 28.7 Å². The van der Waals surface area contributed by atoms with E-state index >= 15 is 0 Å². The van der Waals surface area contributed by atoms with Crippen molar-refractivity contribution < 1.29 is 0 Å². The third-order valence-corrected chi connectivity index (χ3v) is 2.30. The molecule has 0 spiro atoms. The lowest BCUT2D eigenvalue weighted by Crippen LogP contribution is -2.26. The molecule has 14 heavy (non-hydrogen) atoms. The summed E-state index contributed by atoms with van der Waals surface area (Å²) in [5.74, 6) is 0.440. The molecule has 0 radical (unpaired) electrons. The van der Waals surface area contributed by atoms with E-state index in [1.165, 1.54) is 0 Å². The molecule has 0 saturated heterocycles. The molecule has 0 bridgehead atoms. The fourth-order valence-corrected chi connectivity index (χ4v) is 1.66. The van der Waals surface area contributed by atoms with Crippen molar-refractivity contribution >= 4 is 33.0 Å². The van der Waals surface area contributed by atoms with Crippen molar-refractivity contribution in [2.45, 2.75) is 0 Å². The number of nitrogens with two attached hydrogens (primary N) is 1. The van der Waals surface area contributed by atoms with Gasteiger partial charge in [-0.25, -0.2) is 14.6 Å². The largest absolute Gasteiger partial charge is 0.368 e. The van der Waals surface area contributed by atoms with Crippen LogP contribution in [0.25, 0.3) is 11.2 Å². The highest BCUT2D eigenvalue weighted by Gasteiger charge is 2.10. The number of halogens is 1. The Morgan fingerprint density at radius 1 is 1.50 bits per heavy atom. The second-order valence-corrected chi connectivity index (χ2v) is 4.04. The van der Waals surface area contributed by atoms with Gasteiger partial charge in [-0.1, -0.05) is 0 Å². The maximum absolute atomic E-state index is 5.76. The molecule has 2 aromatic rings. The van der Waals surface area contributed by atoms with Crippen molar-refractivity contribution in [1.29, 1.82) is 0 Å². The molecule has 0 amide bonds. The van der Waals surface area contributed by atoms with Crippen molar-refractivity contribution in [3.05, 3.63) is 16.7 Å². The lowest BCUT2D eigenvalue weighted by atomic mass is 10.4. The molecule has 0 saturated carbocycles. The Morgan fingerprint density at radius 3 is 2.86 bits per heavy atom. The second-order valence-electron chi connectivity index (χ2n) is 3.13. The maximum Gasteiger partial charge on any atom is 0.221 e. The van der Waals surface area contributed by atoms with E-state index in [1.807, 2.05) is 25.2 Å². The molecule has 74 valence electrons. The predicted octanol–water partition coefficient (Wildman–Crippen LogP) is 0.974. The van der Waals surface area contributed by atoms with E-state index in [9.17, 15) is 0 Å². The Labute approximate surface area is 89.6 Å². The number of nitrogen functional groups attached to an aromatic ring is 1. The number of imidazole rings is 1. The summed E-state index contributed by atoms with van der Waals surface area (Å²) in [7, 11) is 3.78. The highest BCUT2D eigenvalue weighted by molar-refractivity contribution is 9.10. The highest BCUT2D eigenvalue weighted by atomic mass is 79.9. The van der Waals surface area contributed by atoms with Crippen LogP contribution >= 0.6 is 15.9 Å². The van der Waals surface area contributed by atoms with Crippen molar-refractivity contribution in [2.24, 2.45) is 0 Å². The first-order valence-electron chi connectivity index (χ1n) is 4.06. The van der Waals surface area contributed by atoms with Crippen LogP contribution in [0.1, 0.15) is 0 Å².